The molecule has 0 radical (unpaired) electrons. The summed E-state index contributed by atoms with van der Waals surface area (Å²) in [6, 6.07) is 12.9. The molecule has 0 bridgehead atoms. The van der Waals surface area contributed by atoms with E-state index >= 15 is 0 Å². The average molecular weight is 412 g/mol. The number of Topliss-reactive ketones (excluding diaryl/α,β-unsaturated/α-hetero) is 1. The third kappa shape index (κ3) is 5.43. The van der Waals surface area contributed by atoms with Gasteiger partial charge in [-0.05, 0) is 33.6 Å². The minimum atomic E-state index is -1.60. The fraction of sp³-hybridized carbons (Fsp3) is 0.238. The molecule has 0 saturated carbocycles. The number of nitrogens with two attached hydrogens (primary N) is 1. The van der Waals surface area contributed by atoms with Crippen LogP contribution in [-0.2, 0) is 22.6 Å². The number of hydrogen-bond donors (Lipinski definition) is 3. The summed E-state index contributed by atoms with van der Waals surface area (Å²) < 4.78 is 5.14. The standard InChI is InChI=1S/C21H23BN2O4.H2S/c1-28-13-18-10-16(4-5-20(18)22(26)27)19(11-23)21(25)9-14-2-3-17-12-24-7-6-15(17)8-14;/h2-8,10,12,19,26-27H,9,11,13,23H2,1H3;1H2/t19-;/m1./s1. The number of fused-ring (bicyclic) bond motifs is 1. The smallest absolute Gasteiger partial charge is 0.423 e. The van der Waals surface area contributed by atoms with Gasteiger partial charge < -0.3 is 20.5 Å². The number of benzene rings is 2. The molecule has 0 amide bonds. The third-order valence-electron chi connectivity index (χ3n) is 4.86. The Labute approximate surface area is 177 Å². The number of rotatable bonds is 8. The topological polar surface area (TPSA) is 106 Å². The van der Waals surface area contributed by atoms with Crippen molar-refractivity contribution in [3.05, 3.63) is 71.5 Å². The third-order valence-corrected chi connectivity index (χ3v) is 4.86. The lowest BCUT2D eigenvalue weighted by Crippen LogP contribution is -2.34. The number of carbonyl (C=O) groups excluding carboxylic acids is 1. The van der Waals surface area contributed by atoms with E-state index in [0.29, 0.717) is 11.0 Å². The van der Waals surface area contributed by atoms with Crippen molar-refractivity contribution in [1.82, 2.24) is 4.98 Å². The normalized spacial score (nSPS) is 11.7. The quantitative estimate of drug-likeness (QED) is 0.478. The van der Waals surface area contributed by atoms with Crippen LogP contribution in [0.25, 0.3) is 10.8 Å². The van der Waals surface area contributed by atoms with Gasteiger partial charge >= 0.3 is 7.12 Å². The van der Waals surface area contributed by atoms with Crippen molar-refractivity contribution in [1.29, 1.82) is 0 Å². The molecule has 0 unspecified atom stereocenters. The number of pyridine rings is 1. The maximum absolute atomic E-state index is 12.9. The Balaban J connectivity index is 0.00000300. The summed E-state index contributed by atoms with van der Waals surface area (Å²) >= 11 is 0. The van der Waals surface area contributed by atoms with Crippen molar-refractivity contribution in [3.8, 4) is 0 Å². The molecule has 0 spiro atoms. The Morgan fingerprint density at radius 1 is 1.17 bits per heavy atom. The van der Waals surface area contributed by atoms with Crippen LogP contribution in [0.4, 0.5) is 0 Å². The molecule has 6 nitrogen and oxygen atoms in total. The molecular formula is C21H25BN2O4S. The van der Waals surface area contributed by atoms with E-state index < -0.39 is 13.0 Å². The largest absolute Gasteiger partial charge is 0.488 e. The van der Waals surface area contributed by atoms with Crippen LogP contribution >= 0.6 is 13.5 Å². The van der Waals surface area contributed by atoms with Gasteiger partial charge in [0.25, 0.3) is 0 Å². The molecule has 0 fully saturated rings. The number of carbonyl (C=O) groups is 1. The highest BCUT2D eigenvalue weighted by Crippen LogP contribution is 2.21. The van der Waals surface area contributed by atoms with Gasteiger partial charge in [0.05, 0.1) is 12.5 Å². The Morgan fingerprint density at radius 2 is 1.97 bits per heavy atom. The fourth-order valence-corrected chi connectivity index (χ4v) is 3.40. The van der Waals surface area contributed by atoms with Crippen molar-refractivity contribution in [2.75, 3.05) is 13.7 Å². The minimum absolute atomic E-state index is 0. The van der Waals surface area contributed by atoms with Gasteiger partial charge in [0.1, 0.15) is 5.78 Å². The average Bonchev–Trinajstić information content (AvgIpc) is 2.68. The van der Waals surface area contributed by atoms with Crippen LogP contribution in [0, 0.1) is 0 Å². The van der Waals surface area contributed by atoms with Crippen molar-refractivity contribution in [2.45, 2.75) is 18.9 Å². The fourth-order valence-electron chi connectivity index (χ4n) is 3.40. The predicted molar refractivity (Wildman–Crippen MR) is 120 cm³/mol. The lowest BCUT2D eigenvalue weighted by Gasteiger charge is -2.17. The maximum Gasteiger partial charge on any atom is 0.488 e. The van der Waals surface area contributed by atoms with Crippen molar-refractivity contribution in [3.63, 3.8) is 0 Å². The Kier molecular flexibility index (Phi) is 8.37. The molecule has 3 rings (SSSR count). The van der Waals surface area contributed by atoms with E-state index in [0.717, 1.165) is 21.9 Å². The van der Waals surface area contributed by atoms with Crippen molar-refractivity contribution in [2.24, 2.45) is 5.73 Å². The monoisotopic (exact) mass is 412 g/mol. The summed E-state index contributed by atoms with van der Waals surface area (Å²) in [4.78, 5) is 17.0. The number of nitrogens with zero attached hydrogens (tertiary/aromatic N) is 1. The second kappa shape index (κ2) is 10.5. The van der Waals surface area contributed by atoms with E-state index in [-0.39, 0.29) is 38.9 Å². The van der Waals surface area contributed by atoms with Gasteiger partial charge in [0.2, 0.25) is 0 Å². The van der Waals surface area contributed by atoms with Crippen molar-refractivity contribution >= 4 is 42.6 Å². The first kappa shape index (κ1) is 23.1. The summed E-state index contributed by atoms with van der Waals surface area (Å²) in [5.74, 6) is -0.467. The molecule has 0 aliphatic rings. The molecule has 3 aromatic rings. The van der Waals surface area contributed by atoms with Gasteiger partial charge in [-0.15, -0.1) is 0 Å². The summed E-state index contributed by atoms with van der Waals surface area (Å²) in [5.41, 5.74) is 8.56. The molecule has 4 N–H and O–H groups in total. The van der Waals surface area contributed by atoms with Crippen LogP contribution in [0.1, 0.15) is 22.6 Å². The molecular weight excluding hydrogens is 387 g/mol. The van der Waals surface area contributed by atoms with Crippen LogP contribution < -0.4 is 11.2 Å². The summed E-state index contributed by atoms with van der Waals surface area (Å²) in [7, 11) is -0.0700. The summed E-state index contributed by atoms with van der Waals surface area (Å²) in [6.07, 6.45) is 3.79. The van der Waals surface area contributed by atoms with Crippen LogP contribution in [0.2, 0.25) is 0 Å². The van der Waals surface area contributed by atoms with E-state index in [1.165, 1.54) is 7.11 Å². The zero-order valence-electron chi connectivity index (χ0n) is 16.2. The Morgan fingerprint density at radius 3 is 2.66 bits per heavy atom. The first-order chi connectivity index (χ1) is 13.5. The van der Waals surface area contributed by atoms with Crippen LogP contribution in [0.3, 0.4) is 0 Å². The lowest BCUT2D eigenvalue weighted by molar-refractivity contribution is -0.119. The number of ether oxygens (including phenoxy) is 1. The molecule has 0 aliphatic heterocycles. The van der Waals surface area contributed by atoms with Gasteiger partial charge in [-0.2, -0.15) is 13.5 Å². The Bertz CT molecular complexity index is 984. The molecule has 29 heavy (non-hydrogen) atoms. The van der Waals surface area contributed by atoms with E-state index in [9.17, 15) is 14.8 Å². The first-order valence-corrected chi connectivity index (χ1v) is 9.06. The second-order valence-electron chi connectivity index (χ2n) is 6.75. The SMILES string of the molecule is COCc1cc([C@@H](CN)C(=O)Cc2ccc3cnccc3c2)ccc1B(O)O.S. The van der Waals surface area contributed by atoms with E-state index in [1.54, 1.807) is 30.6 Å². The second-order valence-corrected chi connectivity index (χ2v) is 6.75. The molecule has 2 aromatic carbocycles. The number of hydrogen-bond acceptors (Lipinski definition) is 6. The van der Waals surface area contributed by atoms with Gasteiger partial charge in [-0.3, -0.25) is 9.78 Å². The maximum atomic E-state index is 12.9. The molecule has 0 aliphatic carbocycles. The lowest BCUT2D eigenvalue weighted by atomic mass is 9.75. The highest BCUT2D eigenvalue weighted by Gasteiger charge is 2.23. The Hall–Kier alpha value is -2.23. The number of aromatic nitrogens is 1. The highest BCUT2D eigenvalue weighted by atomic mass is 32.1. The molecule has 1 atom stereocenters. The molecule has 152 valence electrons. The zero-order chi connectivity index (χ0) is 20.1. The summed E-state index contributed by atoms with van der Waals surface area (Å²) in [6.45, 7) is 0.384. The number of ketones is 1. The van der Waals surface area contributed by atoms with Gasteiger partial charge in [0, 0.05) is 37.9 Å². The van der Waals surface area contributed by atoms with Gasteiger partial charge in [0.15, 0.2) is 0 Å². The first-order valence-electron chi connectivity index (χ1n) is 9.06. The van der Waals surface area contributed by atoms with Gasteiger partial charge in [-0.1, -0.05) is 36.4 Å². The summed E-state index contributed by atoms with van der Waals surface area (Å²) in [5, 5.41) is 21.1. The molecule has 1 heterocycles. The van der Waals surface area contributed by atoms with Crippen LogP contribution in [0.5, 0.6) is 0 Å². The minimum Gasteiger partial charge on any atom is -0.423 e. The van der Waals surface area contributed by atoms with E-state index in [4.69, 9.17) is 10.5 Å². The number of methoxy groups -OCH3 is 1. The van der Waals surface area contributed by atoms with E-state index in [2.05, 4.69) is 4.98 Å². The van der Waals surface area contributed by atoms with Crippen molar-refractivity contribution < 1.29 is 19.6 Å². The van der Waals surface area contributed by atoms with Crippen LogP contribution in [-0.4, -0.2) is 41.6 Å². The molecule has 1 aromatic heterocycles. The van der Waals surface area contributed by atoms with Gasteiger partial charge in [-0.25, -0.2) is 0 Å². The van der Waals surface area contributed by atoms with Crippen LogP contribution in [0.15, 0.2) is 54.9 Å². The predicted octanol–water partition coefficient (Wildman–Crippen LogP) is 1.03. The zero-order valence-corrected chi connectivity index (χ0v) is 17.2. The highest BCUT2D eigenvalue weighted by molar-refractivity contribution is 7.59. The molecule has 8 heteroatoms. The van der Waals surface area contributed by atoms with E-state index in [1.807, 2.05) is 24.3 Å². The molecule has 0 saturated heterocycles.